The van der Waals surface area contributed by atoms with Gasteiger partial charge in [0, 0.05) is 17.0 Å². The van der Waals surface area contributed by atoms with E-state index in [2.05, 4.69) is 24.9 Å². The number of benzene rings is 2. The van der Waals surface area contributed by atoms with E-state index in [0.29, 0.717) is 6.54 Å². The van der Waals surface area contributed by atoms with Crippen LogP contribution in [0.4, 0.5) is 0 Å². The molecule has 1 heterocycles. The SMILES string of the molecule is Cc1cc(C)c2c(=NC[C@H](C)O)cc(-c3ccccc3)oc2c1. The molecular formula is C20H21NO2. The van der Waals surface area contributed by atoms with Crippen molar-refractivity contribution in [2.24, 2.45) is 4.99 Å². The molecule has 3 nitrogen and oxygen atoms in total. The zero-order valence-corrected chi connectivity index (χ0v) is 13.7. The van der Waals surface area contributed by atoms with Crippen LogP contribution in [-0.4, -0.2) is 17.8 Å². The predicted octanol–water partition coefficient (Wildman–Crippen LogP) is 4.00. The molecule has 3 aromatic rings. The molecule has 0 aliphatic carbocycles. The van der Waals surface area contributed by atoms with Gasteiger partial charge in [-0.05, 0) is 38.0 Å². The molecule has 3 rings (SSSR count). The number of aliphatic hydroxyl groups excluding tert-OH is 1. The summed E-state index contributed by atoms with van der Waals surface area (Å²) in [6.07, 6.45) is -0.465. The van der Waals surface area contributed by atoms with Crippen molar-refractivity contribution in [3.05, 3.63) is 65.0 Å². The zero-order valence-electron chi connectivity index (χ0n) is 13.7. The number of fused-ring (bicyclic) bond motifs is 1. The first-order chi connectivity index (χ1) is 11.0. The Balaban J connectivity index is 2.31. The van der Waals surface area contributed by atoms with Gasteiger partial charge in [0.05, 0.1) is 18.0 Å². The smallest absolute Gasteiger partial charge is 0.137 e. The van der Waals surface area contributed by atoms with Gasteiger partial charge in [-0.25, -0.2) is 0 Å². The van der Waals surface area contributed by atoms with E-state index in [4.69, 9.17) is 4.42 Å². The molecule has 0 unspecified atom stereocenters. The third-order valence-corrected chi connectivity index (χ3v) is 3.77. The van der Waals surface area contributed by atoms with Gasteiger partial charge in [-0.1, -0.05) is 36.4 Å². The van der Waals surface area contributed by atoms with Crippen LogP contribution in [0.15, 0.2) is 57.9 Å². The molecule has 1 N–H and O–H groups in total. The van der Waals surface area contributed by atoms with Crippen molar-refractivity contribution in [3.63, 3.8) is 0 Å². The maximum Gasteiger partial charge on any atom is 0.137 e. The minimum Gasteiger partial charge on any atom is -0.456 e. The highest BCUT2D eigenvalue weighted by atomic mass is 16.3. The topological polar surface area (TPSA) is 45.7 Å². The van der Waals surface area contributed by atoms with Crippen molar-refractivity contribution in [2.75, 3.05) is 6.54 Å². The summed E-state index contributed by atoms with van der Waals surface area (Å²) in [6, 6.07) is 16.1. The largest absolute Gasteiger partial charge is 0.456 e. The van der Waals surface area contributed by atoms with E-state index in [0.717, 1.165) is 38.8 Å². The highest BCUT2D eigenvalue weighted by Gasteiger charge is 2.09. The van der Waals surface area contributed by atoms with Crippen molar-refractivity contribution in [3.8, 4) is 11.3 Å². The Hall–Kier alpha value is -2.39. The van der Waals surface area contributed by atoms with Gasteiger partial charge in [-0.2, -0.15) is 0 Å². The summed E-state index contributed by atoms with van der Waals surface area (Å²) in [6.45, 7) is 6.24. The molecule has 2 aromatic carbocycles. The monoisotopic (exact) mass is 307 g/mol. The van der Waals surface area contributed by atoms with Crippen LogP contribution >= 0.6 is 0 Å². The van der Waals surface area contributed by atoms with E-state index in [1.54, 1.807) is 6.92 Å². The van der Waals surface area contributed by atoms with Gasteiger partial charge in [0.1, 0.15) is 11.3 Å². The predicted molar refractivity (Wildman–Crippen MR) is 93.2 cm³/mol. The summed E-state index contributed by atoms with van der Waals surface area (Å²) < 4.78 is 6.13. The van der Waals surface area contributed by atoms with Gasteiger partial charge in [0.2, 0.25) is 0 Å². The second-order valence-corrected chi connectivity index (χ2v) is 6.01. The second kappa shape index (κ2) is 6.39. The first kappa shape index (κ1) is 15.5. The number of rotatable bonds is 3. The van der Waals surface area contributed by atoms with Crippen LogP contribution in [-0.2, 0) is 0 Å². The molecule has 0 aliphatic rings. The fraction of sp³-hybridized carbons (Fsp3) is 0.250. The van der Waals surface area contributed by atoms with Gasteiger partial charge in [-0.15, -0.1) is 0 Å². The van der Waals surface area contributed by atoms with Crippen LogP contribution in [0.25, 0.3) is 22.3 Å². The van der Waals surface area contributed by atoms with Gasteiger partial charge in [0.15, 0.2) is 0 Å². The van der Waals surface area contributed by atoms with Crippen LogP contribution in [0.2, 0.25) is 0 Å². The Labute approximate surface area is 135 Å². The summed E-state index contributed by atoms with van der Waals surface area (Å²) in [5.74, 6) is 0.785. The molecule has 118 valence electrons. The Morgan fingerprint density at radius 2 is 1.83 bits per heavy atom. The summed E-state index contributed by atoms with van der Waals surface area (Å²) in [4.78, 5) is 4.60. The molecule has 23 heavy (non-hydrogen) atoms. The Morgan fingerprint density at radius 1 is 1.09 bits per heavy atom. The molecular weight excluding hydrogens is 286 g/mol. The van der Waals surface area contributed by atoms with E-state index < -0.39 is 6.10 Å². The fourth-order valence-corrected chi connectivity index (χ4v) is 2.78. The first-order valence-electron chi connectivity index (χ1n) is 7.83. The van der Waals surface area contributed by atoms with E-state index >= 15 is 0 Å². The summed E-state index contributed by atoms with van der Waals surface area (Å²) in [7, 11) is 0. The Kier molecular flexibility index (Phi) is 4.30. The highest BCUT2D eigenvalue weighted by molar-refractivity contribution is 5.82. The Morgan fingerprint density at radius 3 is 2.52 bits per heavy atom. The molecule has 0 aliphatic heterocycles. The lowest BCUT2D eigenvalue weighted by Crippen LogP contribution is -2.12. The van der Waals surface area contributed by atoms with Crippen LogP contribution in [0.5, 0.6) is 0 Å². The molecule has 1 atom stereocenters. The maximum atomic E-state index is 9.57. The molecule has 0 saturated heterocycles. The molecule has 0 saturated carbocycles. The molecule has 0 amide bonds. The van der Waals surface area contributed by atoms with Crippen molar-refractivity contribution >= 4 is 11.0 Å². The molecule has 1 aromatic heterocycles. The average molecular weight is 307 g/mol. The van der Waals surface area contributed by atoms with E-state index in [1.165, 1.54) is 0 Å². The van der Waals surface area contributed by atoms with Crippen molar-refractivity contribution in [1.29, 1.82) is 0 Å². The summed E-state index contributed by atoms with van der Waals surface area (Å²) >= 11 is 0. The van der Waals surface area contributed by atoms with E-state index in [-0.39, 0.29) is 0 Å². The molecule has 0 bridgehead atoms. The lowest BCUT2D eigenvalue weighted by Gasteiger charge is -2.09. The minimum absolute atomic E-state index is 0.376. The van der Waals surface area contributed by atoms with Crippen LogP contribution in [0.3, 0.4) is 0 Å². The summed E-state index contributed by atoms with van der Waals surface area (Å²) in [5.41, 5.74) is 4.13. The summed E-state index contributed by atoms with van der Waals surface area (Å²) in [5, 5.41) is 11.4. The minimum atomic E-state index is -0.465. The number of hydrogen-bond donors (Lipinski definition) is 1. The average Bonchev–Trinajstić information content (AvgIpc) is 2.52. The van der Waals surface area contributed by atoms with Crippen LogP contribution in [0, 0.1) is 13.8 Å². The molecule has 0 radical (unpaired) electrons. The highest BCUT2D eigenvalue weighted by Crippen LogP contribution is 2.24. The number of aryl methyl sites for hydroxylation is 2. The normalized spacial score (nSPS) is 13.5. The van der Waals surface area contributed by atoms with Crippen LogP contribution in [0.1, 0.15) is 18.1 Å². The number of aliphatic hydroxyl groups is 1. The van der Waals surface area contributed by atoms with Gasteiger partial charge in [0.25, 0.3) is 0 Å². The van der Waals surface area contributed by atoms with Gasteiger partial charge >= 0.3 is 0 Å². The number of nitrogens with zero attached hydrogens (tertiary/aromatic N) is 1. The fourth-order valence-electron chi connectivity index (χ4n) is 2.78. The number of hydrogen-bond acceptors (Lipinski definition) is 3. The lowest BCUT2D eigenvalue weighted by molar-refractivity contribution is 0.203. The third-order valence-electron chi connectivity index (χ3n) is 3.77. The first-order valence-corrected chi connectivity index (χ1v) is 7.83. The molecule has 3 heteroatoms. The van der Waals surface area contributed by atoms with Gasteiger partial charge < -0.3 is 9.52 Å². The van der Waals surface area contributed by atoms with Gasteiger partial charge in [-0.3, -0.25) is 4.99 Å². The molecule has 0 fully saturated rings. The third kappa shape index (κ3) is 3.35. The van der Waals surface area contributed by atoms with Crippen molar-refractivity contribution < 1.29 is 9.52 Å². The van der Waals surface area contributed by atoms with Crippen molar-refractivity contribution in [2.45, 2.75) is 26.9 Å². The lowest BCUT2D eigenvalue weighted by atomic mass is 10.0. The van der Waals surface area contributed by atoms with E-state index in [1.807, 2.05) is 42.5 Å². The quantitative estimate of drug-likeness (QED) is 0.795. The standard InChI is InChI=1S/C20H21NO2/c1-13-9-14(2)20-17(21-12-15(3)22)11-18(23-19(20)10-13)16-7-5-4-6-8-16/h4-11,15,22H,12H2,1-3H3/t15-/m0/s1. The second-order valence-electron chi connectivity index (χ2n) is 6.01. The Bertz CT molecular complexity index is 893. The van der Waals surface area contributed by atoms with E-state index in [9.17, 15) is 5.11 Å². The maximum absolute atomic E-state index is 9.57. The molecule has 0 spiro atoms. The van der Waals surface area contributed by atoms with Crippen molar-refractivity contribution in [1.82, 2.24) is 0 Å². The zero-order chi connectivity index (χ0) is 16.4. The van der Waals surface area contributed by atoms with Crippen LogP contribution < -0.4 is 5.36 Å².